The van der Waals surface area contributed by atoms with E-state index in [0.717, 1.165) is 11.1 Å². The van der Waals surface area contributed by atoms with Crippen molar-refractivity contribution >= 4 is 27.3 Å². The Bertz CT molecular complexity index is 1400. The van der Waals surface area contributed by atoms with E-state index >= 15 is 0 Å². The number of nitrogens with zero attached hydrogens (tertiary/aromatic N) is 1. The molecule has 0 atom stereocenters. The highest BCUT2D eigenvalue weighted by molar-refractivity contribution is 7.92. The maximum Gasteiger partial charge on any atom is 0.264 e. The van der Waals surface area contributed by atoms with Gasteiger partial charge in [0.25, 0.3) is 10.0 Å². The van der Waals surface area contributed by atoms with Crippen LogP contribution < -0.4 is 14.4 Å². The number of ether oxygens (including phenoxy) is 1. The zero-order valence-corrected chi connectivity index (χ0v) is 20.3. The van der Waals surface area contributed by atoms with Crippen LogP contribution in [0.15, 0.2) is 108 Å². The van der Waals surface area contributed by atoms with Crippen LogP contribution in [0.25, 0.3) is 0 Å². The Labute approximate surface area is 205 Å². The maximum atomic E-state index is 12.9. The predicted octanol–water partition coefficient (Wildman–Crippen LogP) is 5.79. The second kappa shape index (κ2) is 10.4. The number of rotatable bonds is 8. The van der Waals surface area contributed by atoms with Gasteiger partial charge >= 0.3 is 0 Å². The highest BCUT2D eigenvalue weighted by Gasteiger charge is 2.21. The van der Waals surface area contributed by atoms with E-state index in [-0.39, 0.29) is 17.2 Å². The fourth-order valence-corrected chi connectivity index (χ4v) is 4.68. The molecule has 0 radical (unpaired) electrons. The van der Waals surface area contributed by atoms with Crippen LogP contribution in [0.2, 0.25) is 0 Å². The molecular formula is C28H26N2O4S. The monoisotopic (exact) mass is 486 g/mol. The van der Waals surface area contributed by atoms with Crippen molar-refractivity contribution in [1.29, 1.82) is 0 Å². The first-order chi connectivity index (χ1) is 16.8. The summed E-state index contributed by atoms with van der Waals surface area (Å²) in [4.78, 5) is 12.9. The number of para-hydroxylation sites is 3. The normalized spacial score (nSPS) is 11.0. The van der Waals surface area contributed by atoms with Crippen molar-refractivity contribution in [3.05, 3.63) is 114 Å². The SMILES string of the molecule is Cc1ccc(S(=O)(=O)N(C)c2ccc(CC(=O)Nc3ccccc3Oc3ccccc3)cc2)cc1. The molecule has 4 rings (SSSR count). The molecule has 4 aromatic rings. The molecule has 35 heavy (non-hydrogen) atoms. The van der Waals surface area contributed by atoms with Gasteiger partial charge in [-0.2, -0.15) is 0 Å². The number of sulfonamides is 1. The average molecular weight is 487 g/mol. The van der Waals surface area contributed by atoms with Gasteiger partial charge in [-0.1, -0.05) is 60.2 Å². The molecule has 0 aliphatic carbocycles. The van der Waals surface area contributed by atoms with Crippen LogP contribution in [0.4, 0.5) is 11.4 Å². The van der Waals surface area contributed by atoms with Crippen LogP contribution >= 0.6 is 0 Å². The molecule has 4 aromatic carbocycles. The summed E-state index contributed by atoms with van der Waals surface area (Å²) in [5, 5.41) is 2.90. The van der Waals surface area contributed by atoms with Gasteiger partial charge in [-0.25, -0.2) is 8.42 Å². The number of aryl methyl sites for hydroxylation is 1. The van der Waals surface area contributed by atoms with E-state index in [4.69, 9.17) is 4.74 Å². The Morgan fingerprint density at radius 1 is 0.829 bits per heavy atom. The smallest absolute Gasteiger partial charge is 0.264 e. The van der Waals surface area contributed by atoms with E-state index in [9.17, 15) is 13.2 Å². The molecule has 0 spiro atoms. The number of hydrogen-bond donors (Lipinski definition) is 1. The number of amides is 1. The number of carbonyl (C=O) groups is 1. The summed E-state index contributed by atoms with van der Waals surface area (Å²) in [6.45, 7) is 1.91. The van der Waals surface area contributed by atoms with Crippen molar-refractivity contribution in [1.82, 2.24) is 0 Å². The third-order valence-corrected chi connectivity index (χ3v) is 7.28. The van der Waals surface area contributed by atoms with Crippen molar-refractivity contribution in [3.8, 4) is 11.5 Å². The zero-order valence-electron chi connectivity index (χ0n) is 19.5. The molecule has 0 unspecified atom stereocenters. The second-order valence-corrected chi connectivity index (χ2v) is 10.1. The first-order valence-electron chi connectivity index (χ1n) is 11.1. The summed E-state index contributed by atoms with van der Waals surface area (Å²) in [5.74, 6) is 1.02. The average Bonchev–Trinajstić information content (AvgIpc) is 2.86. The molecule has 6 nitrogen and oxygen atoms in total. The molecule has 0 aliphatic heterocycles. The van der Waals surface area contributed by atoms with E-state index in [2.05, 4.69) is 5.32 Å². The van der Waals surface area contributed by atoms with Crippen molar-refractivity contribution in [2.45, 2.75) is 18.2 Å². The van der Waals surface area contributed by atoms with Gasteiger partial charge in [0, 0.05) is 7.05 Å². The summed E-state index contributed by atoms with van der Waals surface area (Å²) in [5.41, 5.74) is 2.83. The quantitative estimate of drug-likeness (QED) is 0.342. The highest BCUT2D eigenvalue weighted by Crippen LogP contribution is 2.29. The molecule has 0 aromatic heterocycles. The molecular weight excluding hydrogens is 460 g/mol. The fraction of sp³-hybridized carbons (Fsp3) is 0.107. The van der Waals surface area contributed by atoms with Gasteiger partial charge in [0.2, 0.25) is 5.91 Å². The largest absolute Gasteiger partial charge is 0.455 e. The lowest BCUT2D eigenvalue weighted by Crippen LogP contribution is -2.26. The van der Waals surface area contributed by atoms with Crippen LogP contribution in [0.1, 0.15) is 11.1 Å². The molecule has 0 aliphatic rings. The maximum absolute atomic E-state index is 12.9. The molecule has 0 saturated carbocycles. The summed E-state index contributed by atoms with van der Waals surface area (Å²) in [6.07, 6.45) is 0.133. The first-order valence-corrected chi connectivity index (χ1v) is 12.5. The first kappa shape index (κ1) is 24.0. The standard InChI is InChI=1S/C28H26N2O4S/c1-21-12-18-25(19-13-21)35(32,33)30(2)23-16-14-22(15-17-23)20-28(31)29-26-10-6-7-11-27(26)34-24-8-4-3-5-9-24/h3-19H,20H2,1-2H3,(H,29,31). The van der Waals surface area contributed by atoms with Crippen LogP contribution in [0.5, 0.6) is 11.5 Å². The Kier molecular flexibility index (Phi) is 7.17. The minimum Gasteiger partial charge on any atom is -0.455 e. The molecule has 1 N–H and O–H groups in total. The number of benzene rings is 4. The summed E-state index contributed by atoms with van der Waals surface area (Å²) < 4.78 is 33.0. The van der Waals surface area contributed by atoms with Gasteiger partial charge in [-0.15, -0.1) is 0 Å². The Morgan fingerprint density at radius 3 is 2.14 bits per heavy atom. The van der Waals surface area contributed by atoms with Crippen molar-refractivity contribution in [3.63, 3.8) is 0 Å². The lowest BCUT2D eigenvalue weighted by molar-refractivity contribution is -0.115. The Morgan fingerprint density at radius 2 is 1.46 bits per heavy atom. The molecule has 0 heterocycles. The van der Waals surface area contributed by atoms with Crippen LogP contribution in [-0.4, -0.2) is 21.4 Å². The fourth-order valence-electron chi connectivity index (χ4n) is 3.49. The zero-order chi connectivity index (χ0) is 24.8. The van der Waals surface area contributed by atoms with Gasteiger partial charge in [0.15, 0.2) is 5.75 Å². The number of anilines is 2. The Hall–Kier alpha value is -4.10. The lowest BCUT2D eigenvalue weighted by atomic mass is 10.1. The van der Waals surface area contributed by atoms with E-state index in [1.165, 1.54) is 11.4 Å². The van der Waals surface area contributed by atoms with Gasteiger partial charge < -0.3 is 10.1 Å². The van der Waals surface area contributed by atoms with Crippen molar-refractivity contribution in [2.24, 2.45) is 0 Å². The number of carbonyl (C=O) groups excluding carboxylic acids is 1. The van der Waals surface area contributed by atoms with E-state index < -0.39 is 10.0 Å². The molecule has 1 amide bonds. The molecule has 0 saturated heterocycles. The Balaban J connectivity index is 1.42. The summed E-state index contributed by atoms with van der Waals surface area (Å²) in [7, 11) is -2.16. The molecule has 0 fully saturated rings. The van der Waals surface area contributed by atoms with E-state index in [0.29, 0.717) is 22.9 Å². The van der Waals surface area contributed by atoms with E-state index in [1.54, 1.807) is 60.7 Å². The van der Waals surface area contributed by atoms with Crippen LogP contribution in [0, 0.1) is 6.92 Å². The number of nitrogens with one attached hydrogen (secondary N) is 1. The minimum atomic E-state index is -3.68. The second-order valence-electron chi connectivity index (χ2n) is 8.09. The molecule has 0 bridgehead atoms. The van der Waals surface area contributed by atoms with E-state index in [1.807, 2.05) is 49.4 Å². The van der Waals surface area contributed by atoms with Gasteiger partial charge in [-0.3, -0.25) is 9.10 Å². The van der Waals surface area contributed by atoms with Crippen LogP contribution in [-0.2, 0) is 21.2 Å². The third-order valence-electron chi connectivity index (χ3n) is 5.48. The minimum absolute atomic E-state index is 0.133. The summed E-state index contributed by atoms with van der Waals surface area (Å²) >= 11 is 0. The van der Waals surface area contributed by atoms with Gasteiger partial charge in [0.05, 0.1) is 22.7 Å². The number of hydrogen-bond acceptors (Lipinski definition) is 4. The predicted molar refractivity (Wildman–Crippen MR) is 139 cm³/mol. The van der Waals surface area contributed by atoms with Gasteiger partial charge in [-0.05, 0) is 61.0 Å². The van der Waals surface area contributed by atoms with Crippen LogP contribution in [0.3, 0.4) is 0 Å². The molecule has 7 heteroatoms. The third kappa shape index (κ3) is 5.88. The van der Waals surface area contributed by atoms with Gasteiger partial charge in [0.1, 0.15) is 5.75 Å². The lowest BCUT2D eigenvalue weighted by Gasteiger charge is -2.20. The molecule has 178 valence electrons. The van der Waals surface area contributed by atoms with Crippen molar-refractivity contribution in [2.75, 3.05) is 16.7 Å². The van der Waals surface area contributed by atoms with Crippen molar-refractivity contribution < 1.29 is 17.9 Å². The summed E-state index contributed by atoms with van der Waals surface area (Å²) in [6, 6.07) is 30.2. The topological polar surface area (TPSA) is 75.7 Å². The highest BCUT2D eigenvalue weighted by atomic mass is 32.2.